The number of furan rings is 1. The van der Waals surface area contributed by atoms with Gasteiger partial charge in [-0.25, -0.2) is 0 Å². The Morgan fingerprint density at radius 1 is 0.609 bits per heavy atom. The van der Waals surface area contributed by atoms with E-state index in [1.165, 1.54) is 44.0 Å². The summed E-state index contributed by atoms with van der Waals surface area (Å²) in [7, 11) is 0. The third-order valence-corrected chi connectivity index (χ3v) is 18.1. The molecule has 4 nitrogen and oxygen atoms in total. The molecular formula is C58H51GeIrN3O-2. The van der Waals surface area contributed by atoms with Gasteiger partial charge in [-0.05, 0) is 29.0 Å². The fourth-order valence-electron chi connectivity index (χ4n) is 9.43. The maximum atomic E-state index is 6.79. The minimum absolute atomic E-state index is 0. The number of imidazole rings is 1. The predicted molar refractivity (Wildman–Crippen MR) is 265 cm³/mol. The minimum atomic E-state index is -1.74. The van der Waals surface area contributed by atoms with Crippen LogP contribution in [-0.2, 0) is 30.6 Å². The maximum Gasteiger partial charge on any atom is 0.0160 e. The van der Waals surface area contributed by atoms with Crippen LogP contribution in [0.4, 0.5) is 0 Å². The molecule has 0 saturated heterocycles. The first-order valence-corrected chi connectivity index (χ1v) is 29.4. The van der Waals surface area contributed by atoms with Crippen molar-refractivity contribution in [1.29, 1.82) is 0 Å². The zero-order valence-corrected chi connectivity index (χ0v) is 41.7. The Kier molecular flexibility index (Phi) is 12.2. The van der Waals surface area contributed by atoms with Gasteiger partial charge in [-0.2, -0.15) is 0 Å². The van der Waals surface area contributed by atoms with Crippen LogP contribution < -0.4 is 0 Å². The largest absolute Gasteiger partial charge is 0.305 e. The van der Waals surface area contributed by atoms with Gasteiger partial charge in [0.05, 0.1) is 0 Å². The number of benzene rings is 7. The van der Waals surface area contributed by atoms with Crippen LogP contribution in [0.1, 0.15) is 61.8 Å². The average Bonchev–Trinajstić information content (AvgIpc) is 3.98. The SMILES string of the molecule is CC(C)c1cc(-c2ccc3c(c2)[CH2][Ge]([CH3])([CH3])[CH2]3)cc(C(C)C)c1-n1c(-c2[c-]ccc3c2oc2cc(-c4ccccc4)ccc23)nc2ccccc21.[Ir].[c-]1ccccc1-c1ccccn1. The second-order valence-corrected chi connectivity index (χ2v) is 28.9. The van der Waals surface area contributed by atoms with Gasteiger partial charge in [-0.3, -0.25) is 0 Å². The summed E-state index contributed by atoms with van der Waals surface area (Å²) in [5, 5.41) is 4.82. The molecule has 0 spiro atoms. The van der Waals surface area contributed by atoms with Crippen LogP contribution in [0.15, 0.2) is 168 Å². The third kappa shape index (κ3) is 8.33. The Labute approximate surface area is 393 Å². The molecule has 0 amide bonds. The van der Waals surface area contributed by atoms with Gasteiger partial charge in [0.2, 0.25) is 0 Å². The number of hydrogen-bond acceptors (Lipinski definition) is 3. The average molecular weight is 1070 g/mol. The third-order valence-electron chi connectivity index (χ3n) is 12.5. The molecule has 1 aliphatic heterocycles. The Bertz CT molecular complexity index is 3190. The summed E-state index contributed by atoms with van der Waals surface area (Å²) in [5.41, 5.74) is 18.6. The monoisotopic (exact) mass is 1070 g/mol. The standard InChI is InChI=1S/C47H43GeN2O.C11H8N.Ir/c1-29(2)40-24-35(32-19-20-34-27-48(5,6)28-36(34)23-32)25-41(30(3)4)45(40)50-43-18-11-10-17-42(43)49-47(50)39-16-12-15-38-37-22-21-33(26-44(37)51-46(38)39)31-13-8-7-9-14-31;1-2-6-10(7-3-1)11-8-4-5-9-12-11;/h7-15,17-26,29-30H,27-28H2,1-6H3;1-6,8-9H;/q2*-1;. The number of hydrogen-bond donors (Lipinski definition) is 0. The molecule has 11 rings (SSSR count). The van der Waals surface area contributed by atoms with Crippen molar-refractivity contribution in [2.45, 2.75) is 61.5 Å². The number of fused-ring (bicyclic) bond motifs is 5. The molecule has 6 heteroatoms. The van der Waals surface area contributed by atoms with Crippen LogP contribution in [0.3, 0.4) is 0 Å². The van der Waals surface area contributed by atoms with Gasteiger partial charge < -0.3 is 9.40 Å². The van der Waals surface area contributed by atoms with Gasteiger partial charge in [-0.15, -0.1) is 48.0 Å². The van der Waals surface area contributed by atoms with E-state index in [0.717, 1.165) is 61.2 Å². The second kappa shape index (κ2) is 18.0. The number of para-hydroxylation sites is 2. The van der Waals surface area contributed by atoms with Gasteiger partial charge in [0.1, 0.15) is 5.58 Å². The summed E-state index contributed by atoms with van der Waals surface area (Å²) in [6.07, 6.45) is 1.79. The molecule has 0 saturated carbocycles. The van der Waals surface area contributed by atoms with Gasteiger partial charge in [0.25, 0.3) is 0 Å². The van der Waals surface area contributed by atoms with Crippen LogP contribution in [0.25, 0.3) is 83.6 Å². The molecule has 4 heterocycles. The van der Waals surface area contributed by atoms with E-state index in [-0.39, 0.29) is 31.9 Å². The number of nitrogens with zero attached hydrogens (tertiary/aromatic N) is 3. The van der Waals surface area contributed by atoms with Crippen molar-refractivity contribution in [3.63, 3.8) is 0 Å². The summed E-state index contributed by atoms with van der Waals surface area (Å²) >= 11 is -1.74. The first-order chi connectivity index (χ1) is 30.6. The fraction of sp³-hybridized carbons (Fsp3) is 0.172. The molecule has 10 aromatic rings. The Morgan fingerprint density at radius 3 is 2.05 bits per heavy atom. The smallest absolute Gasteiger partial charge is 0.0160 e. The molecule has 7 aromatic carbocycles. The van der Waals surface area contributed by atoms with Crippen molar-refractivity contribution in [2.75, 3.05) is 0 Å². The number of pyridine rings is 1. The van der Waals surface area contributed by atoms with Crippen LogP contribution in [-0.4, -0.2) is 27.8 Å². The second-order valence-electron chi connectivity index (χ2n) is 18.3. The molecule has 0 atom stereocenters. The molecule has 1 aliphatic rings. The van der Waals surface area contributed by atoms with Gasteiger partial charge >= 0.3 is 206 Å². The molecule has 319 valence electrons. The molecule has 0 N–H and O–H groups in total. The van der Waals surface area contributed by atoms with E-state index in [9.17, 15) is 0 Å². The maximum absolute atomic E-state index is 6.79. The van der Waals surface area contributed by atoms with Crippen LogP contribution in [0, 0.1) is 12.1 Å². The van der Waals surface area contributed by atoms with E-state index in [0.29, 0.717) is 0 Å². The number of rotatable bonds is 7. The van der Waals surface area contributed by atoms with Crippen molar-refractivity contribution >= 4 is 46.2 Å². The van der Waals surface area contributed by atoms with Crippen molar-refractivity contribution in [3.8, 4) is 50.6 Å². The molecule has 0 unspecified atom stereocenters. The molecule has 0 fully saturated rings. The first-order valence-electron chi connectivity index (χ1n) is 22.2. The molecule has 1 radical (unpaired) electrons. The van der Waals surface area contributed by atoms with Crippen molar-refractivity contribution in [1.82, 2.24) is 14.5 Å². The first kappa shape index (κ1) is 43.4. The van der Waals surface area contributed by atoms with E-state index in [4.69, 9.17) is 9.40 Å². The van der Waals surface area contributed by atoms with E-state index < -0.39 is 13.3 Å². The summed E-state index contributed by atoms with van der Waals surface area (Å²) < 4.78 is 9.19. The Balaban J connectivity index is 0.000000345. The topological polar surface area (TPSA) is 43.9 Å². The fourth-order valence-corrected chi connectivity index (χ4v) is 15.4. The number of aromatic nitrogens is 3. The molecule has 0 aliphatic carbocycles. The van der Waals surface area contributed by atoms with E-state index >= 15 is 0 Å². The predicted octanol–water partition coefficient (Wildman–Crippen LogP) is 15.4. The summed E-state index contributed by atoms with van der Waals surface area (Å²) in [6, 6.07) is 62.3. The molecule has 0 bridgehead atoms. The summed E-state index contributed by atoms with van der Waals surface area (Å²) in [6.45, 7) is 9.28. The molecule has 3 aromatic heterocycles. The van der Waals surface area contributed by atoms with Gasteiger partial charge in [-0.1, -0.05) is 66.0 Å². The van der Waals surface area contributed by atoms with E-state index in [1.807, 2.05) is 48.5 Å². The normalized spacial score (nSPS) is 13.0. The van der Waals surface area contributed by atoms with Crippen molar-refractivity contribution in [3.05, 3.63) is 198 Å². The molecular weight excluding hydrogens is 1020 g/mol. The van der Waals surface area contributed by atoms with E-state index in [1.54, 1.807) is 17.3 Å². The zero-order chi connectivity index (χ0) is 43.2. The van der Waals surface area contributed by atoms with Crippen LogP contribution in [0.5, 0.6) is 0 Å². The van der Waals surface area contributed by atoms with Crippen LogP contribution >= 0.6 is 0 Å². The van der Waals surface area contributed by atoms with Crippen molar-refractivity contribution < 1.29 is 24.5 Å². The zero-order valence-electron chi connectivity index (χ0n) is 37.2. The summed E-state index contributed by atoms with van der Waals surface area (Å²) in [5.74, 6) is 6.57. The Hall–Kier alpha value is -5.85. The van der Waals surface area contributed by atoms with Gasteiger partial charge in [0, 0.05) is 31.7 Å². The van der Waals surface area contributed by atoms with Gasteiger partial charge in [0.15, 0.2) is 0 Å². The quantitative estimate of drug-likeness (QED) is 0.118. The van der Waals surface area contributed by atoms with Crippen LogP contribution in [0.2, 0.25) is 11.5 Å². The minimum Gasteiger partial charge on any atom is -0.305 e. The Morgan fingerprint density at radius 2 is 1.31 bits per heavy atom. The van der Waals surface area contributed by atoms with Crippen molar-refractivity contribution in [2.24, 2.45) is 0 Å². The van der Waals surface area contributed by atoms with E-state index in [2.05, 4.69) is 170 Å². The molecule has 64 heavy (non-hydrogen) atoms. The summed E-state index contributed by atoms with van der Waals surface area (Å²) in [4.78, 5) is 9.57.